The van der Waals surface area contributed by atoms with Gasteiger partial charge in [-0.1, -0.05) is 42.8 Å². The molecule has 3 aromatic rings. The Bertz CT molecular complexity index is 1020. The lowest BCUT2D eigenvalue weighted by Crippen LogP contribution is -2.25. The maximum Gasteiger partial charge on any atom is 0.352 e. The van der Waals surface area contributed by atoms with E-state index in [0.717, 1.165) is 16.6 Å². The minimum Gasteiger partial charge on any atom is -0.396 e. The molecule has 0 saturated heterocycles. The van der Waals surface area contributed by atoms with Gasteiger partial charge in [-0.3, -0.25) is 4.57 Å². The second-order valence-corrected chi connectivity index (χ2v) is 7.58. The van der Waals surface area contributed by atoms with Crippen LogP contribution in [0.25, 0.3) is 16.6 Å². The molecule has 1 atom stereocenters. The van der Waals surface area contributed by atoms with E-state index in [2.05, 4.69) is 23.2 Å². The summed E-state index contributed by atoms with van der Waals surface area (Å²) in [6.07, 6.45) is 2.96. The monoisotopic (exact) mass is 368 g/mol. The molecule has 1 fully saturated rings. The van der Waals surface area contributed by atoms with Gasteiger partial charge in [0.1, 0.15) is 0 Å². The quantitative estimate of drug-likeness (QED) is 0.738. The van der Waals surface area contributed by atoms with Crippen LogP contribution >= 0.6 is 11.6 Å². The van der Waals surface area contributed by atoms with Crippen molar-refractivity contribution in [2.45, 2.75) is 32.1 Å². The molecule has 1 N–H and O–H groups in total. The van der Waals surface area contributed by atoms with Gasteiger partial charge in [-0.25, -0.2) is 4.79 Å². The predicted molar refractivity (Wildman–Crippen MR) is 104 cm³/mol. The molecule has 1 aliphatic rings. The SMILES string of the molecule is C[C@H](CO)Cc1nc(=O)n(-c2ccccc2Cl)c2cc(C3CC3)ccc12. The molecule has 4 rings (SSSR count). The third kappa shape index (κ3) is 3.15. The molecule has 1 aliphatic carbocycles. The highest BCUT2D eigenvalue weighted by molar-refractivity contribution is 6.32. The Morgan fingerprint density at radius 2 is 2.04 bits per heavy atom. The number of benzene rings is 2. The van der Waals surface area contributed by atoms with E-state index in [1.807, 2.05) is 25.1 Å². The number of rotatable bonds is 5. The summed E-state index contributed by atoms with van der Waals surface area (Å²) in [5.74, 6) is 0.631. The van der Waals surface area contributed by atoms with Crippen molar-refractivity contribution in [2.75, 3.05) is 6.61 Å². The van der Waals surface area contributed by atoms with Crippen molar-refractivity contribution >= 4 is 22.5 Å². The summed E-state index contributed by atoms with van der Waals surface area (Å²) in [7, 11) is 0. The van der Waals surface area contributed by atoms with Crippen LogP contribution in [0.1, 0.15) is 36.9 Å². The van der Waals surface area contributed by atoms with Gasteiger partial charge in [-0.05, 0) is 54.9 Å². The van der Waals surface area contributed by atoms with E-state index < -0.39 is 0 Å². The van der Waals surface area contributed by atoms with Gasteiger partial charge in [-0.2, -0.15) is 4.98 Å². The van der Waals surface area contributed by atoms with E-state index in [9.17, 15) is 9.90 Å². The number of aromatic nitrogens is 2. The third-order valence-electron chi connectivity index (χ3n) is 4.99. The molecule has 0 bridgehead atoms. The van der Waals surface area contributed by atoms with E-state index in [4.69, 9.17) is 11.6 Å². The Hall–Kier alpha value is -2.17. The van der Waals surface area contributed by atoms with Gasteiger partial charge in [0.2, 0.25) is 0 Å². The van der Waals surface area contributed by atoms with Crippen LogP contribution in [0.5, 0.6) is 0 Å². The van der Waals surface area contributed by atoms with Gasteiger partial charge in [0, 0.05) is 12.0 Å². The highest BCUT2D eigenvalue weighted by atomic mass is 35.5. The van der Waals surface area contributed by atoms with Gasteiger partial charge < -0.3 is 5.11 Å². The Labute approximate surface area is 157 Å². The highest BCUT2D eigenvalue weighted by Gasteiger charge is 2.25. The van der Waals surface area contributed by atoms with Crippen molar-refractivity contribution < 1.29 is 5.11 Å². The minimum absolute atomic E-state index is 0.0457. The van der Waals surface area contributed by atoms with Crippen molar-refractivity contribution in [3.8, 4) is 5.69 Å². The molecule has 4 nitrogen and oxygen atoms in total. The first-order valence-corrected chi connectivity index (χ1v) is 9.37. The largest absolute Gasteiger partial charge is 0.396 e. The molecule has 5 heteroatoms. The van der Waals surface area contributed by atoms with Gasteiger partial charge >= 0.3 is 5.69 Å². The molecule has 134 valence electrons. The summed E-state index contributed by atoms with van der Waals surface area (Å²) < 4.78 is 1.61. The molecule has 2 aromatic carbocycles. The molecule has 0 spiro atoms. The fourth-order valence-corrected chi connectivity index (χ4v) is 3.61. The first-order valence-electron chi connectivity index (χ1n) is 9.00. The fraction of sp³-hybridized carbons (Fsp3) is 0.333. The summed E-state index contributed by atoms with van der Waals surface area (Å²) in [6.45, 7) is 2.02. The average molecular weight is 369 g/mol. The number of para-hydroxylation sites is 1. The number of halogens is 1. The van der Waals surface area contributed by atoms with Crippen LogP contribution in [0.4, 0.5) is 0 Å². The predicted octanol–water partition coefficient (Wildman–Crippen LogP) is 4.09. The zero-order chi connectivity index (χ0) is 18.3. The molecule has 1 aromatic heterocycles. The molecule has 1 heterocycles. The van der Waals surface area contributed by atoms with Crippen molar-refractivity contribution in [3.05, 3.63) is 69.2 Å². The van der Waals surface area contributed by atoms with E-state index in [0.29, 0.717) is 23.0 Å². The Kier molecular flexibility index (Phi) is 4.55. The first kappa shape index (κ1) is 17.3. The number of hydrogen-bond acceptors (Lipinski definition) is 3. The summed E-state index contributed by atoms with van der Waals surface area (Å²) in [4.78, 5) is 17.2. The molecule has 0 radical (unpaired) electrons. The van der Waals surface area contributed by atoms with Crippen LogP contribution in [0, 0.1) is 5.92 Å². The van der Waals surface area contributed by atoms with Crippen molar-refractivity contribution in [1.29, 1.82) is 0 Å². The van der Waals surface area contributed by atoms with Crippen molar-refractivity contribution in [3.63, 3.8) is 0 Å². The smallest absolute Gasteiger partial charge is 0.352 e. The Balaban J connectivity index is 2.00. The lowest BCUT2D eigenvalue weighted by Gasteiger charge is -2.16. The average Bonchev–Trinajstić information content (AvgIpc) is 3.47. The fourth-order valence-electron chi connectivity index (χ4n) is 3.39. The van der Waals surface area contributed by atoms with Gasteiger partial charge in [0.15, 0.2) is 0 Å². The Morgan fingerprint density at radius 1 is 1.27 bits per heavy atom. The maximum atomic E-state index is 12.9. The summed E-state index contributed by atoms with van der Waals surface area (Å²) in [6, 6.07) is 13.6. The number of hydrogen-bond donors (Lipinski definition) is 1. The number of nitrogens with zero attached hydrogens (tertiary/aromatic N) is 2. The van der Waals surface area contributed by atoms with Gasteiger partial charge in [0.05, 0.1) is 21.9 Å². The normalized spacial score (nSPS) is 15.3. The highest BCUT2D eigenvalue weighted by Crippen LogP contribution is 2.41. The molecule has 0 amide bonds. The second kappa shape index (κ2) is 6.86. The van der Waals surface area contributed by atoms with Gasteiger partial charge in [0.25, 0.3) is 0 Å². The zero-order valence-electron chi connectivity index (χ0n) is 14.7. The second-order valence-electron chi connectivity index (χ2n) is 7.17. The van der Waals surface area contributed by atoms with E-state index in [1.54, 1.807) is 10.6 Å². The molecular formula is C21H21ClN2O2. The van der Waals surface area contributed by atoms with Crippen LogP contribution < -0.4 is 5.69 Å². The van der Waals surface area contributed by atoms with Crippen LogP contribution in [0.2, 0.25) is 5.02 Å². The van der Waals surface area contributed by atoms with Crippen molar-refractivity contribution in [1.82, 2.24) is 9.55 Å². The third-order valence-corrected chi connectivity index (χ3v) is 5.31. The van der Waals surface area contributed by atoms with Crippen molar-refractivity contribution in [2.24, 2.45) is 5.92 Å². The molecular weight excluding hydrogens is 348 g/mol. The lowest BCUT2D eigenvalue weighted by atomic mass is 10.0. The topological polar surface area (TPSA) is 55.1 Å². The van der Waals surface area contributed by atoms with Crippen LogP contribution in [-0.2, 0) is 6.42 Å². The summed E-state index contributed by atoms with van der Waals surface area (Å²) >= 11 is 6.37. The number of aliphatic hydroxyl groups is 1. The molecule has 1 saturated carbocycles. The lowest BCUT2D eigenvalue weighted by molar-refractivity contribution is 0.236. The van der Waals surface area contributed by atoms with E-state index >= 15 is 0 Å². The molecule has 0 unspecified atom stereocenters. The standard InChI is InChI=1S/C21H21ClN2O2/c1-13(12-25)10-18-16-9-8-15(14-6-7-14)11-20(16)24(21(26)23-18)19-5-3-2-4-17(19)22/h2-5,8-9,11,13-14,25H,6-7,10,12H2,1H3/t13-/m0/s1. The molecule has 26 heavy (non-hydrogen) atoms. The summed E-state index contributed by atoms with van der Waals surface area (Å²) in [5.41, 5.74) is 3.13. The van der Waals surface area contributed by atoms with Gasteiger partial charge in [-0.15, -0.1) is 0 Å². The van der Waals surface area contributed by atoms with Crippen LogP contribution in [0.3, 0.4) is 0 Å². The number of fused-ring (bicyclic) bond motifs is 1. The minimum atomic E-state index is -0.335. The zero-order valence-corrected chi connectivity index (χ0v) is 15.4. The number of aliphatic hydroxyl groups excluding tert-OH is 1. The van der Waals surface area contributed by atoms with Crippen LogP contribution in [-0.4, -0.2) is 21.3 Å². The van der Waals surface area contributed by atoms with E-state index in [1.165, 1.54) is 18.4 Å². The maximum absolute atomic E-state index is 12.9. The van der Waals surface area contributed by atoms with E-state index in [-0.39, 0.29) is 18.2 Å². The summed E-state index contributed by atoms with van der Waals surface area (Å²) in [5, 5.41) is 10.9. The first-order chi connectivity index (χ1) is 12.6. The van der Waals surface area contributed by atoms with Crippen LogP contribution in [0.15, 0.2) is 47.3 Å². The molecule has 0 aliphatic heterocycles. The Morgan fingerprint density at radius 3 is 2.73 bits per heavy atom.